The molecular weight excluding hydrogens is 292 g/mol. The fourth-order valence-corrected chi connectivity index (χ4v) is 2.52. The van der Waals surface area contributed by atoms with E-state index >= 15 is 0 Å². The fourth-order valence-electron chi connectivity index (χ4n) is 2.52. The van der Waals surface area contributed by atoms with Gasteiger partial charge in [0.2, 0.25) is 5.91 Å². The van der Waals surface area contributed by atoms with Gasteiger partial charge in [-0.2, -0.15) is 0 Å². The third-order valence-electron chi connectivity index (χ3n) is 3.90. The zero-order chi connectivity index (χ0) is 17.1. The van der Waals surface area contributed by atoms with Gasteiger partial charge in [-0.1, -0.05) is 0 Å². The van der Waals surface area contributed by atoms with Crippen LogP contribution in [-0.2, 0) is 0 Å². The molecule has 0 radical (unpaired) electrons. The SMILES string of the molecule is COc1c(C)cc(C(=O)Nc2ccc(C(N)=O)cc2)c(C)c1C. The highest BCUT2D eigenvalue weighted by Crippen LogP contribution is 2.29. The lowest BCUT2D eigenvalue weighted by atomic mass is 9.98. The van der Waals surface area contributed by atoms with Crippen molar-refractivity contribution in [2.45, 2.75) is 20.8 Å². The highest BCUT2D eigenvalue weighted by Gasteiger charge is 2.16. The van der Waals surface area contributed by atoms with Crippen LogP contribution in [0.1, 0.15) is 37.4 Å². The van der Waals surface area contributed by atoms with Crippen molar-refractivity contribution in [1.29, 1.82) is 0 Å². The molecule has 2 rings (SSSR count). The Kier molecular flexibility index (Phi) is 4.69. The summed E-state index contributed by atoms with van der Waals surface area (Å²) in [5.41, 5.74) is 9.52. The Morgan fingerprint density at radius 3 is 2.17 bits per heavy atom. The summed E-state index contributed by atoms with van der Waals surface area (Å²) < 4.78 is 5.37. The summed E-state index contributed by atoms with van der Waals surface area (Å²) >= 11 is 0. The van der Waals surface area contributed by atoms with Crippen LogP contribution in [0, 0.1) is 20.8 Å². The molecule has 0 saturated heterocycles. The van der Waals surface area contributed by atoms with E-state index in [-0.39, 0.29) is 5.91 Å². The first-order chi connectivity index (χ1) is 10.8. The number of nitrogens with two attached hydrogens (primary N) is 1. The molecule has 0 bridgehead atoms. The number of rotatable bonds is 4. The van der Waals surface area contributed by atoms with Gasteiger partial charge in [-0.3, -0.25) is 9.59 Å². The smallest absolute Gasteiger partial charge is 0.255 e. The lowest BCUT2D eigenvalue weighted by Crippen LogP contribution is -2.15. The zero-order valence-electron chi connectivity index (χ0n) is 13.7. The van der Waals surface area contributed by atoms with Crippen LogP contribution in [-0.4, -0.2) is 18.9 Å². The lowest BCUT2D eigenvalue weighted by Gasteiger charge is -2.15. The molecule has 0 aliphatic heterocycles. The molecule has 0 unspecified atom stereocenters. The number of primary amides is 1. The topological polar surface area (TPSA) is 81.4 Å². The van der Waals surface area contributed by atoms with E-state index in [1.165, 1.54) is 0 Å². The Labute approximate surface area is 135 Å². The molecular formula is C18H20N2O3. The first kappa shape index (κ1) is 16.5. The third-order valence-corrected chi connectivity index (χ3v) is 3.90. The maximum Gasteiger partial charge on any atom is 0.255 e. The monoisotopic (exact) mass is 312 g/mol. The average molecular weight is 312 g/mol. The van der Waals surface area contributed by atoms with Crippen LogP contribution in [0.5, 0.6) is 5.75 Å². The van der Waals surface area contributed by atoms with E-state index in [9.17, 15) is 9.59 Å². The summed E-state index contributed by atoms with van der Waals surface area (Å²) in [6, 6.07) is 8.27. The van der Waals surface area contributed by atoms with Gasteiger partial charge >= 0.3 is 0 Å². The van der Waals surface area contributed by atoms with Gasteiger partial charge in [0.1, 0.15) is 5.75 Å². The minimum Gasteiger partial charge on any atom is -0.496 e. The minimum absolute atomic E-state index is 0.205. The van der Waals surface area contributed by atoms with Crippen molar-refractivity contribution >= 4 is 17.5 Å². The second-order valence-electron chi connectivity index (χ2n) is 5.42. The molecule has 3 N–H and O–H groups in total. The van der Waals surface area contributed by atoms with E-state index in [2.05, 4.69) is 5.32 Å². The molecule has 5 heteroatoms. The predicted octanol–water partition coefficient (Wildman–Crippen LogP) is 2.97. The normalized spacial score (nSPS) is 10.3. The Hall–Kier alpha value is -2.82. The lowest BCUT2D eigenvalue weighted by molar-refractivity contribution is 0.0998. The van der Waals surface area contributed by atoms with Gasteiger partial charge in [-0.25, -0.2) is 0 Å². The Bertz CT molecular complexity index is 765. The van der Waals surface area contributed by atoms with Crippen LogP contribution in [0.25, 0.3) is 0 Å². The van der Waals surface area contributed by atoms with Crippen molar-refractivity contribution in [3.63, 3.8) is 0 Å². The van der Waals surface area contributed by atoms with E-state index in [1.807, 2.05) is 26.8 Å². The second-order valence-corrected chi connectivity index (χ2v) is 5.42. The molecule has 2 amide bonds. The first-order valence-electron chi connectivity index (χ1n) is 7.21. The number of hydrogen-bond donors (Lipinski definition) is 2. The molecule has 120 valence electrons. The number of amides is 2. The van der Waals surface area contributed by atoms with Crippen LogP contribution in [0.2, 0.25) is 0 Å². The van der Waals surface area contributed by atoms with Gasteiger partial charge in [0.25, 0.3) is 5.91 Å². The standard InChI is InChI=1S/C18H20N2O3/c1-10-9-15(11(2)12(3)16(10)23-4)18(22)20-14-7-5-13(6-8-14)17(19)21/h5-9H,1-4H3,(H2,19,21)(H,20,22). The molecule has 23 heavy (non-hydrogen) atoms. The number of benzene rings is 2. The Balaban J connectivity index is 2.29. The number of hydrogen-bond acceptors (Lipinski definition) is 3. The molecule has 0 spiro atoms. The van der Waals surface area contributed by atoms with Crippen molar-refractivity contribution in [3.05, 3.63) is 58.1 Å². The molecule has 5 nitrogen and oxygen atoms in total. The summed E-state index contributed by atoms with van der Waals surface area (Å²) in [6.07, 6.45) is 0. The van der Waals surface area contributed by atoms with Crippen LogP contribution in [0.3, 0.4) is 0 Å². The fraction of sp³-hybridized carbons (Fsp3) is 0.222. The number of ether oxygens (including phenoxy) is 1. The van der Waals surface area contributed by atoms with E-state index in [4.69, 9.17) is 10.5 Å². The minimum atomic E-state index is -0.500. The van der Waals surface area contributed by atoms with Gasteiger partial charge in [-0.05, 0) is 67.8 Å². The molecule has 0 aliphatic carbocycles. The van der Waals surface area contributed by atoms with Gasteiger partial charge in [0.05, 0.1) is 7.11 Å². The van der Waals surface area contributed by atoms with Crippen LogP contribution in [0.4, 0.5) is 5.69 Å². The number of nitrogens with one attached hydrogen (secondary N) is 1. The number of carbonyl (C=O) groups is 2. The van der Waals surface area contributed by atoms with E-state index in [0.717, 1.165) is 22.4 Å². The summed E-state index contributed by atoms with van der Waals surface area (Å²) in [7, 11) is 1.62. The number of carbonyl (C=O) groups excluding carboxylic acids is 2. The van der Waals surface area contributed by atoms with Crippen molar-refractivity contribution < 1.29 is 14.3 Å². The van der Waals surface area contributed by atoms with Crippen molar-refractivity contribution in [3.8, 4) is 5.75 Å². The molecule has 2 aromatic rings. The summed E-state index contributed by atoms with van der Waals surface area (Å²) in [6.45, 7) is 5.73. The Morgan fingerprint density at radius 1 is 1.04 bits per heavy atom. The molecule has 0 fully saturated rings. The second kappa shape index (κ2) is 6.52. The maximum atomic E-state index is 12.5. The molecule has 0 aromatic heterocycles. The van der Waals surface area contributed by atoms with Crippen molar-refractivity contribution in [1.82, 2.24) is 0 Å². The predicted molar refractivity (Wildman–Crippen MR) is 90.1 cm³/mol. The van der Waals surface area contributed by atoms with E-state index in [0.29, 0.717) is 16.8 Å². The molecule has 0 heterocycles. The van der Waals surface area contributed by atoms with Gasteiger partial charge in [0, 0.05) is 16.8 Å². The van der Waals surface area contributed by atoms with E-state index < -0.39 is 5.91 Å². The van der Waals surface area contributed by atoms with Gasteiger partial charge in [0.15, 0.2) is 0 Å². The largest absolute Gasteiger partial charge is 0.496 e. The van der Waals surface area contributed by atoms with E-state index in [1.54, 1.807) is 31.4 Å². The summed E-state index contributed by atoms with van der Waals surface area (Å²) in [5.74, 6) is 0.0909. The molecule has 0 atom stereocenters. The third kappa shape index (κ3) is 3.34. The van der Waals surface area contributed by atoms with Gasteiger partial charge in [-0.15, -0.1) is 0 Å². The maximum absolute atomic E-state index is 12.5. The van der Waals surface area contributed by atoms with Gasteiger partial charge < -0.3 is 15.8 Å². The highest BCUT2D eigenvalue weighted by atomic mass is 16.5. The number of aryl methyl sites for hydroxylation is 1. The van der Waals surface area contributed by atoms with Crippen molar-refractivity contribution in [2.75, 3.05) is 12.4 Å². The zero-order valence-corrected chi connectivity index (χ0v) is 13.7. The summed E-state index contributed by atoms with van der Waals surface area (Å²) in [4.78, 5) is 23.6. The number of methoxy groups -OCH3 is 1. The molecule has 0 aliphatic rings. The quantitative estimate of drug-likeness (QED) is 0.910. The van der Waals surface area contributed by atoms with Crippen molar-refractivity contribution in [2.24, 2.45) is 5.73 Å². The van der Waals surface area contributed by atoms with Crippen LogP contribution >= 0.6 is 0 Å². The molecule has 0 saturated carbocycles. The Morgan fingerprint density at radius 2 is 1.65 bits per heavy atom. The number of anilines is 1. The average Bonchev–Trinajstić information content (AvgIpc) is 2.51. The first-order valence-corrected chi connectivity index (χ1v) is 7.21. The summed E-state index contributed by atoms with van der Waals surface area (Å²) in [5, 5.41) is 2.83. The molecule has 2 aromatic carbocycles. The van der Waals surface area contributed by atoms with Crippen LogP contribution in [0.15, 0.2) is 30.3 Å². The highest BCUT2D eigenvalue weighted by molar-refractivity contribution is 6.06. The van der Waals surface area contributed by atoms with Crippen LogP contribution < -0.4 is 15.8 Å².